The Morgan fingerprint density at radius 3 is 2.02 bits per heavy atom. The van der Waals surface area contributed by atoms with Gasteiger partial charge in [-0.3, -0.25) is 23.3 Å². The zero-order valence-corrected chi connectivity index (χ0v) is 25.4. The van der Waals surface area contributed by atoms with Crippen LogP contribution in [0.25, 0.3) is 11.2 Å². The predicted octanol–water partition coefficient (Wildman–Crippen LogP) is 6.08. The fraction of sp³-hybridized carbons (Fsp3) is 0.485. The first-order chi connectivity index (χ1) is 20.4. The number of unbranched alkanes of at least 4 members (excludes halogenated alkanes) is 2. The van der Waals surface area contributed by atoms with Gasteiger partial charge in [0.15, 0.2) is 17.9 Å². The number of fused-ring (bicyclic) bond motifs is 1. The number of ether oxygens (including phenoxy) is 1. The Morgan fingerprint density at radius 1 is 0.833 bits per heavy atom. The lowest BCUT2D eigenvalue weighted by atomic mass is 10.2. The van der Waals surface area contributed by atoms with Gasteiger partial charge < -0.3 is 9.53 Å². The van der Waals surface area contributed by atoms with Gasteiger partial charge in [0.1, 0.15) is 12.1 Å². The second-order valence-electron chi connectivity index (χ2n) is 10.1. The molecule has 0 atom stereocenters. The fourth-order valence-electron chi connectivity index (χ4n) is 4.21. The molecule has 0 aliphatic carbocycles. The van der Waals surface area contributed by atoms with Crippen molar-refractivity contribution in [1.29, 1.82) is 0 Å². The normalized spacial score (nSPS) is 12.4. The Kier molecular flexibility index (Phi) is 16.3. The second-order valence-corrected chi connectivity index (χ2v) is 10.1. The molecule has 0 aliphatic rings. The molecule has 2 aromatic heterocycles. The number of aryl methyl sites for hydroxylation is 1. The number of rotatable bonds is 20. The molecular formula is C33H46N4O5. The number of nitrogens with zero attached hydrogens (tertiary/aromatic N) is 4. The monoisotopic (exact) mass is 578 g/mol. The summed E-state index contributed by atoms with van der Waals surface area (Å²) in [6.45, 7) is 3.70. The quantitative estimate of drug-likeness (QED) is 0.107. The van der Waals surface area contributed by atoms with Gasteiger partial charge in [0.05, 0.1) is 0 Å². The van der Waals surface area contributed by atoms with Crippen LogP contribution >= 0.6 is 0 Å². The van der Waals surface area contributed by atoms with Crippen molar-refractivity contribution in [2.75, 3.05) is 0 Å². The molecule has 2 aromatic rings. The van der Waals surface area contributed by atoms with Crippen LogP contribution in [0.5, 0.6) is 0 Å². The van der Waals surface area contributed by atoms with Crippen LogP contribution in [0.3, 0.4) is 0 Å². The maximum absolute atomic E-state index is 13.1. The average Bonchev–Trinajstić information content (AvgIpc) is 3.40. The van der Waals surface area contributed by atoms with Gasteiger partial charge in [0, 0.05) is 26.4 Å². The number of allylic oxidation sites excluding steroid dienone is 10. The van der Waals surface area contributed by atoms with Crippen LogP contribution in [0.2, 0.25) is 0 Å². The van der Waals surface area contributed by atoms with Crippen molar-refractivity contribution in [2.45, 2.75) is 97.8 Å². The Morgan fingerprint density at radius 2 is 1.43 bits per heavy atom. The van der Waals surface area contributed by atoms with Crippen LogP contribution in [0.4, 0.5) is 0 Å². The zero-order valence-electron chi connectivity index (χ0n) is 25.4. The summed E-state index contributed by atoms with van der Waals surface area (Å²) in [4.78, 5) is 53.3. The molecule has 9 nitrogen and oxygen atoms in total. The fourth-order valence-corrected chi connectivity index (χ4v) is 4.21. The average molecular weight is 579 g/mol. The van der Waals surface area contributed by atoms with Crippen molar-refractivity contribution in [2.24, 2.45) is 7.05 Å². The Bertz CT molecular complexity index is 1400. The molecule has 42 heavy (non-hydrogen) atoms. The smallest absolute Gasteiger partial charge is 0.332 e. The van der Waals surface area contributed by atoms with E-state index < -0.39 is 11.2 Å². The Labute approximate surface area is 248 Å². The van der Waals surface area contributed by atoms with E-state index in [-0.39, 0.29) is 42.6 Å². The van der Waals surface area contributed by atoms with E-state index in [0.29, 0.717) is 25.7 Å². The molecule has 0 fully saturated rings. The summed E-state index contributed by atoms with van der Waals surface area (Å²) in [6, 6.07) is 0. The first kappa shape index (κ1) is 34.2. The van der Waals surface area contributed by atoms with Gasteiger partial charge in [0.25, 0.3) is 5.56 Å². The summed E-state index contributed by atoms with van der Waals surface area (Å²) in [5, 5.41) is 0. The van der Waals surface area contributed by atoms with Crippen molar-refractivity contribution in [1.82, 2.24) is 18.7 Å². The molecule has 0 radical (unpaired) electrons. The van der Waals surface area contributed by atoms with Crippen molar-refractivity contribution < 1.29 is 14.3 Å². The number of aromatic nitrogens is 4. The molecule has 0 spiro atoms. The van der Waals surface area contributed by atoms with Gasteiger partial charge in [-0.25, -0.2) is 9.78 Å². The first-order valence-electron chi connectivity index (χ1n) is 14.9. The van der Waals surface area contributed by atoms with Crippen LogP contribution in [-0.2, 0) is 34.6 Å². The first-order valence-corrected chi connectivity index (χ1v) is 14.9. The molecular weight excluding hydrogens is 532 g/mol. The third-order valence-corrected chi connectivity index (χ3v) is 6.54. The van der Waals surface area contributed by atoms with Crippen LogP contribution in [0.1, 0.15) is 84.5 Å². The van der Waals surface area contributed by atoms with Crippen LogP contribution in [0.15, 0.2) is 76.7 Å². The van der Waals surface area contributed by atoms with Crippen LogP contribution in [0, 0.1) is 0 Å². The van der Waals surface area contributed by atoms with E-state index in [0.717, 1.165) is 43.1 Å². The maximum Gasteiger partial charge on any atom is 0.332 e. The van der Waals surface area contributed by atoms with Gasteiger partial charge in [-0.05, 0) is 64.7 Å². The summed E-state index contributed by atoms with van der Waals surface area (Å²) in [5.74, 6) is -0.290. The lowest BCUT2D eigenvalue weighted by molar-refractivity contribution is -0.147. The Hall–Kier alpha value is -4.01. The van der Waals surface area contributed by atoms with Gasteiger partial charge in [-0.2, -0.15) is 0 Å². The highest BCUT2D eigenvalue weighted by Crippen LogP contribution is 2.08. The molecule has 0 N–H and O–H groups in total. The summed E-state index contributed by atoms with van der Waals surface area (Å²) < 4.78 is 9.28. The van der Waals surface area contributed by atoms with E-state index in [1.54, 1.807) is 7.05 Å². The topological polar surface area (TPSA) is 105 Å². The molecule has 0 aromatic carbocycles. The summed E-state index contributed by atoms with van der Waals surface area (Å²) in [7, 11) is 1.55. The van der Waals surface area contributed by atoms with E-state index in [2.05, 4.69) is 72.7 Å². The van der Waals surface area contributed by atoms with Gasteiger partial charge >= 0.3 is 11.7 Å². The Balaban J connectivity index is 1.71. The highest BCUT2D eigenvalue weighted by atomic mass is 16.5. The van der Waals surface area contributed by atoms with E-state index in [1.807, 2.05) is 0 Å². The lowest BCUT2D eigenvalue weighted by Crippen LogP contribution is -2.39. The van der Waals surface area contributed by atoms with Crippen molar-refractivity contribution >= 4 is 22.9 Å². The number of imidazole rings is 1. The highest BCUT2D eigenvalue weighted by Gasteiger charge is 2.17. The van der Waals surface area contributed by atoms with Crippen LogP contribution < -0.4 is 11.2 Å². The van der Waals surface area contributed by atoms with Crippen LogP contribution in [-0.4, -0.2) is 30.4 Å². The molecule has 0 saturated heterocycles. The minimum absolute atomic E-state index is 0.0726. The third-order valence-electron chi connectivity index (χ3n) is 6.54. The van der Waals surface area contributed by atoms with E-state index in [1.165, 1.54) is 22.4 Å². The number of ketones is 1. The predicted molar refractivity (Wildman–Crippen MR) is 168 cm³/mol. The number of carbonyl (C=O) groups is 2. The number of esters is 1. The van der Waals surface area contributed by atoms with Crippen molar-refractivity contribution in [3.05, 3.63) is 87.9 Å². The number of Topliss-reactive ketones (excluding diaryl/α,β-unsaturated/α-hetero) is 1. The van der Waals surface area contributed by atoms with Gasteiger partial charge in [-0.1, -0.05) is 67.7 Å². The molecule has 2 heterocycles. The number of hydrogen-bond donors (Lipinski definition) is 0. The zero-order chi connectivity index (χ0) is 30.6. The largest absolute Gasteiger partial charge is 0.444 e. The van der Waals surface area contributed by atoms with Gasteiger partial charge in [0.2, 0.25) is 0 Å². The molecule has 0 amide bonds. The van der Waals surface area contributed by atoms with E-state index >= 15 is 0 Å². The third kappa shape index (κ3) is 12.2. The standard InChI is InChI=1S/C33H46N4O5/c1-4-5-6-7-8-9-10-11-12-13-14-15-16-17-18-19-20-24-29(39)42-27-36-26-34-31-30(36)32(40)37(33(41)35(31)3)25-22-21-23-28(2)38/h5-6,8-9,11-12,14-15,17-18,26H,4,7,10,13,16,19-25,27H2,1-3H3/b6-5-,9-8-,12-11-,15-14-,18-17-. The molecule has 2 rings (SSSR count). The van der Waals surface area contributed by atoms with Crippen molar-refractivity contribution in [3.63, 3.8) is 0 Å². The van der Waals surface area contributed by atoms with Gasteiger partial charge in [-0.15, -0.1) is 0 Å². The van der Waals surface area contributed by atoms with E-state index in [9.17, 15) is 19.2 Å². The second kappa shape index (κ2) is 20.0. The highest BCUT2D eigenvalue weighted by molar-refractivity contribution is 5.75. The summed E-state index contributed by atoms with van der Waals surface area (Å²) >= 11 is 0. The maximum atomic E-state index is 13.1. The minimum Gasteiger partial charge on any atom is -0.444 e. The number of hydrogen-bond acceptors (Lipinski definition) is 6. The summed E-state index contributed by atoms with van der Waals surface area (Å²) in [6.07, 6.45) is 30.9. The SMILES string of the molecule is CC/C=C\C/C=C\C/C=C\C/C=C\C/C=C\CCCC(=O)OCn1cnc2c1c(=O)n(CCCCC(C)=O)c(=O)n2C. The molecule has 228 valence electrons. The lowest BCUT2D eigenvalue weighted by Gasteiger charge is -2.10. The molecule has 0 bridgehead atoms. The molecule has 0 saturated carbocycles. The van der Waals surface area contributed by atoms with Crippen molar-refractivity contribution in [3.8, 4) is 0 Å². The molecule has 9 heteroatoms. The minimum atomic E-state index is -0.483. The molecule has 0 unspecified atom stereocenters. The molecule has 0 aliphatic heterocycles. The van der Waals surface area contributed by atoms with E-state index in [4.69, 9.17) is 4.74 Å². The summed E-state index contributed by atoms with van der Waals surface area (Å²) in [5.41, 5.74) is -0.509. The number of carbonyl (C=O) groups excluding carboxylic acids is 2.